The first-order valence-corrected chi connectivity index (χ1v) is 27.9. The Kier molecular flexibility index (Phi) is 17.2. The Morgan fingerprint density at radius 2 is 1.58 bits per heavy atom. The Labute approximate surface area is 450 Å². The van der Waals surface area contributed by atoms with Gasteiger partial charge in [0.05, 0.1) is 34.8 Å². The molecule has 2 aliphatic heterocycles. The summed E-state index contributed by atoms with van der Waals surface area (Å²) in [6, 6.07) is 23.6. The average molecular weight is 1050 g/mol. The molecule has 0 unspecified atom stereocenters. The topological polar surface area (TPSA) is 182 Å². The minimum absolute atomic E-state index is 0.0374. The second-order valence-corrected chi connectivity index (χ2v) is 23.2. The van der Waals surface area contributed by atoms with Crippen LogP contribution in [0.25, 0.3) is 32.5 Å². The van der Waals surface area contributed by atoms with E-state index < -0.39 is 29.5 Å². The molecule has 0 bridgehead atoms. The number of aromatic amines is 1. The number of aliphatic hydroxyl groups excluding tert-OH is 1. The molecule has 76 heavy (non-hydrogen) atoms. The van der Waals surface area contributed by atoms with Crippen molar-refractivity contribution in [2.24, 2.45) is 5.41 Å². The van der Waals surface area contributed by atoms with Crippen LogP contribution in [0.4, 0.5) is 0 Å². The number of ketones is 1. The van der Waals surface area contributed by atoms with Gasteiger partial charge in [0.25, 0.3) is 11.5 Å². The van der Waals surface area contributed by atoms with E-state index >= 15 is 0 Å². The molecule has 6 aromatic rings. The predicted octanol–water partition coefficient (Wildman–Crippen LogP) is 7.92. The van der Waals surface area contributed by atoms with Gasteiger partial charge in [-0.25, -0.2) is 4.98 Å². The molecule has 3 aromatic heterocycles. The third-order valence-electron chi connectivity index (χ3n) is 15.6. The molecular formula is C60H74N8O7S. The molecule has 15 nitrogen and oxygen atoms in total. The first-order valence-electron chi connectivity index (χ1n) is 27.0. The number of Topliss-reactive ketones (excluding diaryl/α,β-unsaturated/α-hetero) is 1. The third-order valence-corrected chi connectivity index (χ3v) is 16.6. The molecule has 2 saturated heterocycles. The Hall–Kier alpha value is -6.30. The smallest absolute Gasteiger partial charge is 0.253 e. The number of piperazine rings is 1. The first kappa shape index (κ1) is 54.5. The Morgan fingerprint density at radius 3 is 2.26 bits per heavy atom. The van der Waals surface area contributed by atoms with E-state index in [1.165, 1.54) is 23.3 Å². The SMILES string of the molecule is Cc1cc(C)c(CNC(=O)c2cc(-c3ccc(CN4CCN(CCOCC(=O)N[C@H](C(=O)N5C[C@H](O)C[C@H]5C(=O)CCc5ccc(-c6scnc6C)cc5)C(C)(C)C)CC4)cc3)cc3c2ccn3C2CCCC2)c(=O)[nH]1. The second-order valence-electron chi connectivity index (χ2n) is 22.3. The van der Waals surface area contributed by atoms with Crippen molar-refractivity contribution in [1.82, 2.24) is 39.9 Å². The number of rotatable bonds is 19. The zero-order valence-electron chi connectivity index (χ0n) is 45.0. The van der Waals surface area contributed by atoms with E-state index in [0.29, 0.717) is 36.7 Å². The number of hydrogen-bond donors (Lipinski definition) is 4. The molecule has 1 aliphatic carbocycles. The molecule has 0 spiro atoms. The third kappa shape index (κ3) is 12.9. The van der Waals surface area contributed by atoms with E-state index in [1.54, 1.807) is 11.3 Å². The number of hydrogen-bond acceptors (Lipinski definition) is 11. The highest BCUT2D eigenvalue weighted by Gasteiger charge is 2.44. The summed E-state index contributed by atoms with van der Waals surface area (Å²) in [6.07, 6.45) is 6.86. The molecule has 4 N–H and O–H groups in total. The van der Waals surface area contributed by atoms with Gasteiger partial charge in [0.1, 0.15) is 12.6 Å². The number of amides is 3. The van der Waals surface area contributed by atoms with Crippen LogP contribution in [0.5, 0.6) is 0 Å². The number of nitrogens with one attached hydrogen (secondary N) is 3. The summed E-state index contributed by atoms with van der Waals surface area (Å²) < 4.78 is 8.21. The standard InChI is InChI=1S/C60H74N8O7S/c1-38-29-39(2)63-58(73)50(38)33-61-57(72)49-30-45(31-51-48(49)21-22-67(51)46-9-7-8-10-46)43-16-13-42(14-17-43)34-66-25-23-65(24-26-66)27-28-75-36-54(71)64-56(60(4,5)6)59(74)68-35-47(69)32-52(68)53(70)20-15-41-11-18-44(19-12-41)55-40(3)62-37-76-55/h11-14,16-19,21-22,29-31,37,46-47,52,56,69H,7-10,15,20,23-28,32-36H2,1-6H3,(H,61,72)(H,63,73)(H,64,71)/t47-,52+,56-/m1/s1. The van der Waals surface area contributed by atoms with Crippen LogP contribution in [-0.4, -0.2) is 129 Å². The van der Waals surface area contributed by atoms with Gasteiger partial charge in [-0.15, -0.1) is 11.3 Å². The maximum Gasteiger partial charge on any atom is 0.253 e. The quantitative estimate of drug-likeness (QED) is 0.0582. The fourth-order valence-electron chi connectivity index (χ4n) is 11.3. The number of aryl methyl sites for hydroxylation is 4. The maximum absolute atomic E-state index is 14.1. The number of aliphatic hydroxyl groups is 1. The van der Waals surface area contributed by atoms with Crippen molar-refractivity contribution in [2.75, 3.05) is 52.5 Å². The number of aromatic nitrogens is 3. The van der Waals surface area contributed by atoms with Gasteiger partial charge in [0, 0.05) is 105 Å². The predicted molar refractivity (Wildman–Crippen MR) is 298 cm³/mol. The molecular weight excluding hydrogens is 977 g/mol. The highest BCUT2D eigenvalue weighted by atomic mass is 32.1. The molecule has 1 saturated carbocycles. The fourth-order valence-corrected chi connectivity index (χ4v) is 12.1. The van der Waals surface area contributed by atoms with Crippen LogP contribution in [0.3, 0.4) is 0 Å². The van der Waals surface area contributed by atoms with Crippen LogP contribution in [0.15, 0.2) is 89.3 Å². The first-order chi connectivity index (χ1) is 36.5. The van der Waals surface area contributed by atoms with Crippen molar-refractivity contribution in [3.8, 4) is 21.6 Å². The van der Waals surface area contributed by atoms with E-state index in [4.69, 9.17) is 4.74 Å². The van der Waals surface area contributed by atoms with Gasteiger partial charge < -0.3 is 34.9 Å². The van der Waals surface area contributed by atoms with Crippen LogP contribution in [0.1, 0.15) is 109 Å². The summed E-state index contributed by atoms with van der Waals surface area (Å²) >= 11 is 1.59. The van der Waals surface area contributed by atoms with Gasteiger partial charge >= 0.3 is 0 Å². The zero-order chi connectivity index (χ0) is 53.7. The minimum Gasteiger partial charge on any atom is -0.391 e. The monoisotopic (exact) mass is 1050 g/mol. The van der Waals surface area contributed by atoms with Crippen molar-refractivity contribution in [1.29, 1.82) is 0 Å². The minimum atomic E-state index is -0.916. The average Bonchev–Trinajstić information content (AvgIpc) is 4.24. The molecule has 3 aromatic carbocycles. The number of benzene rings is 3. The second kappa shape index (κ2) is 23.9. The van der Waals surface area contributed by atoms with Gasteiger partial charge in [0.15, 0.2) is 5.78 Å². The number of H-pyrrole nitrogens is 1. The van der Waals surface area contributed by atoms with Crippen molar-refractivity contribution < 1.29 is 29.0 Å². The number of pyridine rings is 1. The molecule has 3 fully saturated rings. The summed E-state index contributed by atoms with van der Waals surface area (Å²) in [4.78, 5) is 82.4. The van der Waals surface area contributed by atoms with Crippen LogP contribution in [0.2, 0.25) is 0 Å². The van der Waals surface area contributed by atoms with Gasteiger partial charge in [-0.2, -0.15) is 0 Å². The lowest BCUT2D eigenvalue weighted by Gasteiger charge is -2.35. The summed E-state index contributed by atoms with van der Waals surface area (Å²) in [5, 5.41) is 17.5. The van der Waals surface area contributed by atoms with Gasteiger partial charge in [-0.3, -0.25) is 33.8 Å². The van der Waals surface area contributed by atoms with E-state index in [9.17, 15) is 29.1 Å². The van der Waals surface area contributed by atoms with Crippen LogP contribution in [-0.2, 0) is 38.6 Å². The van der Waals surface area contributed by atoms with E-state index in [0.717, 1.165) is 101 Å². The molecule has 3 amide bonds. The number of fused-ring (bicyclic) bond motifs is 1. The summed E-state index contributed by atoms with van der Waals surface area (Å²) in [7, 11) is 0. The Bertz CT molecular complexity index is 3090. The maximum atomic E-state index is 14.1. The van der Waals surface area contributed by atoms with Gasteiger partial charge in [-0.05, 0) is 103 Å². The number of carbonyl (C=O) groups is 4. The van der Waals surface area contributed by atoms with Crippen LogP contribution >= 0.6 is 11.3 Å². The van der Waals surface area contributed by atoms with Gasteiger partial charge in [0.2, 0.25) is 11.8 Å². The number of ether oxygens (including phenoxy) is 1. The molecule has 5 heterocycles. The van der Waals surface area contributed by atoms with Crippen LogP contribution in [0, 0.1) is 26.2 Å². The number of β-amino-alcohol motifs (C(OH)–C–C–N with tert-alkyl or cyclic N) is 1. The highest BCUT2D eigenvalue weighted by Crippen LogP contribution is 2.37. The number of carbonyl (C=O) groups excluding carboxylic acids is 4. The van der Waals surface area contributed by atoms with E-state index in [2.05, 4.69) is 77.6 Å². The summed E-state index contributed by atoms with van der Waals surface area (Å²) in [5.41, 5.74) is 11.1. The van der Waals surface area contributed by atoms with E-state index in [1.807, 2.05) is 83.5 Å². The number of nitrogens with zero attached hydrogens (tertiary/aromatic N) is 5. The Balaban J connectivity index is 0.734. The lowest BCUT2D eigenvalue weighted by Crippen LogP contribution is -2.57. The van der Waals surface area contributed by atoms with Crippen LogP contribution < -0.4 is 16.2 Å². The van der Waals surface area contributed by atoms with E-state index in [-0.39, 0.29) is 55.7 Å². The van der Waals surface area contributed by atoms with Crippen molar-refractivity contribution in [3.63, 3.8) is 0 Å². The molecule has 3 atom stereocenters. The number of thiazole rings is 1. The number of likely N-dealkylation sites (tertiary alicyclic amines) is 1. The zero-order valence-corrected chi connectivity index (χ0v) is 45.8. The lowest BCUT2D eigenvalue weighted by molar-refractivity contribution is -0.144. The lowest BCUT2D eigenvalue weighted by atomic mass is 9.85. The molecule has 3 aliphatic rings. The highest BCUT2D eigenvalue weighted by molar-refractivity contribution is 7.13. The summed E-state index contributed by atoms with van der Waals surface area (Å²) in [6.45, 7) is 16.7. The van der Waals surface area contributed by atoms with Crippen molar-refractivity contribution in [2.45, 2.75) is 124 Å². The Morgan fingerprint density at radius 1 is 0.882 bits per heavy atom. The fraction of sp³-hybridized carbons (Fsp3) is 0.467. The molecule has 16 heteroatoms. The van der Waals surface area contributed by atoms with Crippen molar-refractivity contribution in [3.05, 3.63) is 134 Å². The van der Waals surface area contributed by atoms with Crippen molar-refractivity contribution >= 4 is 45.7 Å². The largest absolute Gasteiger partial charge is 0.391 e. The normalized spacial score (nSPS) is 18.1. The molecule has 0 radical (unpaired) electrons. The van der Waals surface area contributed by atoms with Gasteiger partial charge in [-0.1, -0.05) is 82.1 Å². The molecule has 9 rings (SSSR count). The molecule has 402 valence electrons. The summed E-state index contributed by atoms with van der Waals surface area (Å²) in [5.74, 6) is -1.10.